The Morgan fingerprint density at radius 1 is 1.19 bits per heavy atom. The molecule has 0 saturated heterocycles. The maximum atomic E-state index is 12.8. The highest BCUT2D eigenvalue weighted by Gasteiger charge is 2.49. The van der Waals surface area contributed by atoms with Crippen molar-refractivity contribution < 1.29 is 13.2 Å². The number of nitrogens with one attached hydrogen (secondary N) is 1. The quantitative estimate of drug-likeness (QED) is 0.703. The molecular weight excluding hydrogens is 370 g/mol. The minimum absolute atomic E-state index is 0.0715. The lowest BCUT2D eigenvalue weighted by molar-refractivity contribution is 0.414. The third-order valence-electron chi connectivity index (χ3n) is 4.71. The van der Waals surface area contributed by atoms with Gasteiger partial charge in [-0.1, -0.05) is 37.3 Å². The topological polar surface area (TPSA) is 73.2 Å². The van der Waals surface area contributed by atoms with Crippen LogP contribution in [0.4, 0.5) is 0 Å². The SMILES string of the molecule is COc1cnn(-c2ccc(S(=O)(=O)N[C@H]3[C@H](C)[C@@H]3c3ccccc3)s2)c1. The fraction of sp³-hybridized carbons (Fsp3) is 0.278. The van der Waals surface area contributed by atoms with E-state index in [2.05, 4.69) is 16.7 Å². The van der Waals surface area contributed by atoms with E-state index < -0.39 is 10.0 Å². The predicted octanol–water partition coefficient (Wildman–Crippen LogP) is 3.02. The van der Waals surface area contributed by atoms with Crippen LogP contribution in [0.2, 0.25) is 0 Å². The van der Waals surface area contributed by atoms with E-state index in [1.165, 1.54) is 16.9 Å². The first-order chi connectivity index (χ1) is 12.5. The van der Waals surface area contributed by atoms with Gasteiger partial charge in [-0.2, -0.15) is 5.10 Å². The van der Waals surface area contributed by atoms with Gasteiger partial charge in [0.1, 0.15) is 9.21 Å². The fourth-order valence-corrected chi connectivity index (χ4v) is 5.77. The highest BCUT2D eigenvalue weighted by atomic mass is 32.2. The molecule has 3 aromatic rings. The molecule has 0 spiro atoms. The van der Waals surface area contributed by atoms with Gasteiger partial charge in [0.05, 0.1) is 19.5 Å². The summed E-state index contributed by atoms with van der Waals surface area (Å²) in [6.45, 7) is 2.07. The van der Waals surface area contributed by atoms with Gasteiger partial charge in [-0.25, -0.2) is 17.8 Å². The number of rotatable bonds is 6. The zero-order chi connectivity index (χ0) is 18.3. The molecule has 8 heteroatoms. The Bertz CT molecular complexity index is 1010. The van der Waals surface area contributed by atoms with Crippen molar-refractivity contribution in [2.24, 2.45) is 5.92 Å². The van der Waals surface area contributed by atoms with Crippen molar-refractivity contribution in [1.82, 2.24) is 14.5 Å². The Morgan fingerprint density at radius 2 is 1.96 bits per heavy atom. The normalized spacial score (nSPS) is 22.3. The maximum Gasteiger partial charge on any atom is 0.250 e. The van der Waals surface area contributed by atoms with Crippen molar-refractivity contribution in [2.75, 3.05) is 7.11 Å². The average molecular weight is 390 g/mol. The Hall–Kier alpha value is -2.16. The van der Waals surface area contributed by atoms with Crippen molar-refractivity contribution in [2.45, 2.75) is 23.1 Å². The summed E-state index contributed by atoms with van der Waals surface area (Å²) in [6.07, 6.45) is 3.30. The molecule has 4 rings (SSSR count). The number of benzene rings is 1. The highest BCUT2D eigenvalue weighted by molar-refractivity contribution is 7.91. The summed E-state index contributed by atoms with van der Waals surface area (Å²) in [5.41, 5.74) is 1.17. The van der Waals surface area contributed by atoms with Crippen molar-refractivity contribution >= 4 is 21.4 Å². The lowest BCUT2D eigenvalue weighted by Gasteiger charge is -2.04. The van der Waals surface area contributed by atoms with Crippen LogP contribution in [0.1, 0.15) is 18.4 Å². The van der Waals surface area contributed by atoms with Crippen molar-refractivity contribution in [3.05, 3.63) is 60.4 Å². The minimum atomic E-state index is -3.56. The van der Waals surface area contributed by atoms with E-state index >= 15 is 0 Å². The average Bonchev–Trinajstić information content (AvgIpc) is 3.09. The molecule has 26 heavy (non-hydrogen) atoms. The third-order valence-corrected chi connectivity index (χ3v) is 7.73. The molecule has 3 atom stereocenters. The molecule has 1 aliphatic carbocycles. The number of sulfonamides is 1. The first-order valence-electron chi connectivity index (χ1n) is 8.26. The number of thiophene rings is 1. The molecule has 6 nitrogen and oxygen atoms in total. The molecule has 1 saturated carbocycles. The van der Waals surface area contributed by atoms with Crippen LogP contribution in [0.3, 0.4) is 0 Å². The number of aromatic nitrogens is 2. The van der Waals surface area contributed by atoms with Crippen LogP contribution in [0.15, 0.2) is 59.1 Å². The standard InChI is InChI=1S/C18H19N3O3S2/c1-12-17(13-6-4-3-5-7-13)18(12)20-26(22,23)16-9-8-15(25-16)21-11-14(24-2)10-19-21/h3-12,17-18,20H,1-2H3/t12-,17-,18+/m1/s1. The summed E-state index contributed by atoms with van der Waals surface area (Å²) in [6, 6.07) is 13.3. The van der Waals surface area contributed by atoms with Crippen LogP contribution in [0.25, 0.3) is 5.00 Å². The van der Waals surface area contributed by atoms with Crippen molar-refractivity contribution in [1.29, 1.82) is 0 Å². The Labute approximate surface area is 156 Å². The summed E-state index contributed by atoms with van der Waals surface area (Å²) in [7, 11) is -2.00. The second-order valence-corrected chi connectivity index (χ2v) is 9.36. The molecular formula is C18H19N3O3S2. The van der Waals surface area contributed by atoms with Crippen molar-refractivity contribution in [3.8, 4) is 10.8 Å². The van der Waals surface area contributed by atoms with Crippen LogP contribution in [-0.4, -0.2) is 31.3 Å². The summed E-state index contributed by atoms with van der Waals surface area (Å²) in [5, 5.41) is 4.90. The van der Waals surface area contributed by atoms with E-state index in [4.69, 9.17) is 4.74 Å². The molecule has 0 aliphatic heterocycles. The molecule has 136 valence electrons. The second-order valence-electron chi connectivity index (χ2n) is 6.36. The van der Waals surface area contributed by atoms with Crippen LogP contribution in [0, 0.1) is 5.92 Å². The molecule has 1 fully saturated rings. The summed E-state index contributed by atoms with van der Waals surface area (Å²) < 4.78 is 35.4. The number of hydrogen-bond acceptors (Lipinski definition) is 5. The molecule has 1 aromatic carbocycles. The zero-order valence-corrected chi connectivity index (χ0v) is 16.0. The molecule has 0 unspecified atom stereocenters. The molecule has 1 N–H and O–H groups in total. The lowest BCUT2D eigenvalue weighted by atomic mass is 10.1. The second kappa shape index (κ2) is 6.53. The molecule has 0 bridgehead atoms. The molecule has 1 aliphatic rings. The van der Waals surface area contributed by atoms with E-state index in [0.717, 1.165) is 5.00 Å². The Kier molecular flexibility index (Phi) is 4.34. The largest absolute Gasteiger partial charge is 0.493 e. The first-order valence-corrected chi connectivity index (χ1v) is 10.6. The van der Waals surface area contributed by atoms with E-state index in [-0.39, 0.29) is 22.1 Å². The van der Waals surface area contributed by atoms with E-state index in [9.17, 15) is 8.42 Å². The smallest absolute Gasteiger partial charge is 0.250 e. The maximum absolute atomic E-state index is 12.8. The van der Waals surface area contributed by atoms with Gasteiger partial charge in [0.15, 0.2) is 5.75 Å². The van der Waals surface area contributed by atoms with E-state index in [1.54, 1.807) is 36.3 Å². The Balaban J connectivity index is 1.51. The third kappa shape index (κ3) is 3.15. The van der Waals surface area contributed by atoms with Gasteiger partial charge in [-0.15, -0.1) is 11.3 Å². The lowest BCUT2D eigenvalue weighted by Crippen LogP contribution is -2.27. The van der Waals surface area contributed by atoms with E-state index in [0.29, 0.717) is 5.75 Å². The van der Waals surface area contributed by atoms with Gasteiger partial charge < -0.3 is 4.74 Å². The van der Waals surface area contributed by atoms with Gasteiger partial charge in [0, 0.05) is 12.0 Å². The summed E-state index contributed by atoms with van der Waals surface area (Å²) >= 11 is 1.18. The predicted molar refractivity (Wildman–Crippen MR) is 100 cm³/mol. The summed E-state index contributed by atoms with van der Waals surface area (Å²) in [5.74, 6) is 1.13. The molecule has 2 heterocycles. The number of nitrogens with zero attached hydrogens (tertiary/aromatic N) is 2. The summed E-state index contributed by atoms with van der Waals surface area (Å²) in [4.78, 5) is 0. The van der Waals surface area contributed by atoms with Gasteiger partial charge in [0.2, 0.25) is 10.0 Å². The van der Waals surface area contributed by atoms with Gasteiger partial charge >= 0.3 is 0 Å². The number of ether oxygens (including phenoxy) is 1. The number of methoxy groups -OCH3 is 1. The zero-order valence-electron chi connectivity index (χ0n) is 14.4. The van der Waals surface area contributed by atoms with Crippen LogP contribution >= 0.6 is 11.3 Å². The monoisotopic (exact) mass is 389 g/mol. The van der Waals surface area contributed by atoms with Gasteiger partial charge in [-0.05, 0) is 23.6 Å². The van der Waals surface area contributed by atoms with E-state index in [1.807, 2.05) is 30.3 Å². The highest BCUT2D eigenvalue weighted by Crippen LogP contribution is 2.48. The molecule has 2 aromatic heterocycles. The van der Waals surface area contributed by atoms with Gasteiger partial charge in [-0.3, -0.25) is 0 Å². The van der Waals surface area contributed by atoms with Gasteiger partial charge in [0.25, 0.3) is 0 Å². The number of hydrogen-bond donors (Lipinski definition) is 1. The Morgan fingerprint density at radius 3 is 2.65 bits per heavy atom. The minimum Gasteiger partial charge on any atom is -0.493 e. The fourth-order valence-electron chi connectivity index (χ4n) is 3.18. The van der Waals surface area contributed by atoms with Crippen molar-refractivity contribution in [3.63, 3.8) is 0 Å². The molecule has 0 amide bonds. The van der Waals surface area contributed by atoms with Crippen LogP contribution in [-0.2, 0) is 10.0 Å². The van der Waals surface area contributed by atoms with Crippen LogP contribution < -0.4 is 9.46 Å². The first kappa shape index (κ1) is 17.3. The molecule has 0 radical (unpaired) electrons. The van der Waals surface area contributed by atoms with Crippen LogP contribution in [0.5, 0.6) is 5.75 Å².